The van der Waals surface area contributed by atoms with E-state index in [0.717, 1.165) is 15.7 Å². The molecule has 0 aliphatic rings. The average Bonchev–Trinajstić information content (AvgIpc) is 2.82. The van der Waals surface area contributed by atoms with E-state index in [0.29, 0.717) is 16.7 Å². The third-order valence-corrected chi connectivity index (χ3v) is 3.52. The van der Waals surface area contributed by atoms with Crippen molar-refractivity contribution in [1.29, 1.82) is 0 Å². The smallest absolute Gasteiger partial charge is 0.261 e. The highest BCUT2D eigenvalue weighted by Gasteiger charge is 2.12. The molecule has 3 heterocycles. The van der Waals surface area contributed by atoms with Crippen molar-refractivity contribution in [2.75, 3.05) is 0 Å². The zero-order valence-corrected chi connectivity index (χ0v) is 11.9. The Balaban J connectivity index is 2.34. The normalized spacial score (nSPS) is 11.1. The first kappa shape index (κ1) is 12.0. The fourth-order valence-electron chi connectivity index (χ4n) is 1.91. The molecule has 0 aliphatic carbocycles. The highest BCUT2D eigenvalue weighted by atomic mass is 79.9. The second-order valence-electron chi connectivity index (χ2n) is 4.23. The Morgan fingerprint density at radius 2 is 2.21 bits per heavy atom. The summed E-state index contributed by atoms with van der Waals surface area (Å²) in [7, 11) is 1.70. The molecule has 19 heavy (non-hydrogen) atoms. The van der Waals surface area contributed by atoms with Gasteiger partial charge in [0, 0.05) is 25.6 Å². The second kappa shape index (κ2) is 4.27. The zero-order chi connectivity index (χ0) is 13.6. The SMILES string of the molecule is Cc1n[nH]cc1-c1ncc2c(=O)n(C)cc(Br)c2n1. The standard InChI is InChI=1S/C12H10BrN5O/c1-6-7(4-15-17-6)11-14-3-8-10(16-11)9(13)5-18(2)12(8)19/h3-5H,1-2H3,(H,15,17). The quantitative estimate of drug-likeness (QED) is 0.742. The molecule has 0 unspecified atom stereocenters. The third kappa shape index (κ3) is 1.86. The first-order valence-electron chi connectivity index (χ1n) is 5.60. The summed E-state index contributed by atoms with van der Waals surface area (Å²) in [5.41, 5.74) is 2.14. The molecule has 0 spiro atoms. The summed E-state index contributed by atoms with van der Waals surface area (Å²) < 4.78 is 2.26. The number of aryl methyl sites for hydroxylation is 2. The Bertz CT molecular complexity index is 836. The van der Waals surface area contributed by atoms with Crippen molar-refractivity contribution in [2.24, 2.45) is 7.05 Å². The Labute approximate surface area is 116 Å². The van der Waals surface area contributed by atoms with E-state index >= 15 is 0 Å². The van der Waals surface area contributed by atoms with E-state index in [9.17, 15) is 4.79 Å². The molecule has 1 N–H and O–H groups in total. The average molecular weight is 320 g/mol. The Morgan fingerprint density at radius 3 is 2.89 bits per heavy atom. The largest absolute Gasteiger partial charge is 0.317 e. The summed E-state index contributed by atoms with van der Waals surface area (Å²) in [5, 5.41) is 7.30. The number of hydrogen-bond donors (Lipinski definition) is 1. The fraction of sp³-hybridized carbons (Fsp3) is 0.167. The fourth-order valence-corrected chi connectivity index (χ4v) is 2.52. The summed E-state index contributed by atoms with van der Waals surface area (Å²) in [6.07, 6.45) is 4.99. The van der Waals surface area contributed by atoms with E-state index in [4.69, 9.17) is 0 Å². The van der Waals surface area contributed by atoms with E-state index in [1.807, 2.05) is 6.92 Å². The Morgan fingerprint density at radius 1 is 1.42 bits per heavy atom. The number of rotatable bonds is 1. The van der Waals surface area contributed by atoms with Crippen molar-refractivity contribution in [3.8, 4) is 11.4 Å². The molecule has 96 valence electrons. The minimum Gasteiger partial charge on any atom is -0.317 e. The van der Waals surface area contributed by atoms with Gasteiger partial charge in [0.05, 0.1) is 26.6 Å². The maximum atomic E-state index is 12.0. The Hall–Kier alpha value is -2.02. The van der Waals surface area contributed by atoms with Crippen LogP contribution in [0.4, 0.5) is 0 Å². The minimum absolute atomic E-state index is 0.117. The summed E-state index contributed by atoms with van der Waals surface area (Å²) in [6, 6.07) is 0. The highest BCUT2D eigenvalue weighted by Crippen LogP contribution is 2.23. The van der Waals surface area contributed by atoms with Crippen LogP contribution in [-0.2, 0) is 7.05 Å². The molecule has 7 heteroatoms. The lowest BCUT2D eigenvalue weighted by molar-refractivity contribution is 0.866. The van der Waals surface area contributed by atoms with Crippen molar-refractivity contribution in [2.45, 2.75) is 6.92 Å². The van der Waals surface area contributed by atoms with Crippen LogP contribution < -0.4 is 5.56 Å². The van der Waals surface area contributed by atoms with E-state index in [2.05, 4.69) is 36.1 Å². The van der Waals surface area contributed by atoms with Crippen LogP contribution in [0.2, 0.25) is 0 Å². The molecule has 3 aromatic heterocycles. The van der Waals surface area contributed by atoms with Crippen LogP contribution in [0.15, 0.2) is 27.9 Å². The van der Waals surface area contributed by atoms with Gasteiger partial charge in [0.15, 0.2) is 5.82 Å². The van der Waals surface area contributed by atoms with Gasteiger partial charge in [-0.3, -0.25) is 9.89 Å². The van der Waals surface area contributed by atoms with Crippen molar-refractivity contribution >= 4 is 26.8 Å². The van der Waals surface area contributed by atoms with Crippen molar-refractivity contribution in [3.05, 3.63) is 39.1 Å². The third-order valence-electron chi connectivity index (χ3n) is 2.94. The number of hydrogen-bond acceptors (Lipinski definition) is 4. The molecule has 0 fully saturated rings. The number of pyridine rings is 1. The number of fused-ring (bicyclic) bond motifs is 1. The van der Waals surface area contributed by atoms with Gasteiger partial charge >= 0.3 is 0 Å². The molecule has 0 saturated heterocycles. The van der Waals surface area contributed by atoms with Gasteiger partial charge in [-0.05, 0) is 22.9 Å². The van der Waals surface area contributed by atoms with Crippen molar-refractivity contribution in [3.63, 3.8) is 0 Å². The lowest BCUT2D eigenvalue weighted by Gasteiger charge is -2.05. The van der Waals surface area contributed by atoms with Gasteiger partial charge in [-0.1, -0.05) is 0 Å². The Kier molecular flexibility index (Phi) is 2.70. The van der Waals surface area contributed by atoms with Gasteiger partial charge in [0.2, 0.25) is 0 Å². The molecule has 0 radical (unpaired) electrons. The molecular weight excluding hydrogens is 310 g/mol. The van der Waals surface area contributed by atoms with Crippen LogP contribution in [0.25, 0.3) is 22.3 Å². The van der Waals surface area contributed by atoms with Crippen LogP contribution in [0.1, 0.15) is 5.69 Å². The molecule has 0 amide bonds. The van der Waals surface area contributed by atoms with Crippen LogP contribution in [0.5, 0.6) is 0 Å². The van der Waals surface area contributed by atoms with Gasteiger partial charge in [-0.15, -0.1) is 0 Å². The molecule has 0 aromatic carbocycles. The van der Waals surface area contributed by atoms with E-state index in [1.165, 1.54) is 4.57 Å². The highest BCUT2D eigenvalue weighted by molar-refractivity contribution is 9.10. The minimum atomic E-state index is -0.117. The number of halogens is 1. The molecular formula is C12H10BrN5O. The maximum absolute atomic E-state index is 12.0. The number of H-pyrrole nitrogens is 1. The molecule has 6 nitrogen and oxygen atoms in total. The lowest BCUT2D eigenvalue weighted by atomic mass is 10.2. The van der Waals surface area contributed by atoms with E-state index in [-0.39, 0.29) is 5.56 Å². The topological polar surface area (TPSA) is 76.5 Å². The van der Waals surface area contributed by atoms with E-state index in [1.54, 1.807) is 25.6 Å². The molecule has 3 aromatic rings. The molecule has 3 rings (SSSR count). The van der Waals surface area contributed by atoms with Gasteiger partial charge in [-0.25, -0.2) is 9.97 Å². The molecule has 0 atom stereocenters. The van der Waals surface area contributed by atoms with Crippen molar-refractivity contribution in [1.82, 2.24) is 24.7 Å². The van der Waals surface area contributed by atoms with Crippen LogP contribution in [-0.4, -0.2) is 24.7 Å². The number of aromatic amines is 1. The summed E-state index contributed by atoms with van der Waals surface area (Å²) in [5.74, 6) is 0.549. The van der Waals surface area contributed by atoms with Crippen LogP contribution >= 0.6 is 15.9 Å². The number of nitrogens with zero attached hydrogens (tertiary/aromatic N) is 4. The maximum Gasteiger partial charge on any atom is 0.261 e. The molecule has 0 aliphatic heterocycles. The predicted octanol–water partition coefficient (Wildman–Crippen LogP) is 1.79. The van der Waals surface area contributed by atoms with Crippen molar-refractivity contribution < 1.29 is 0 Å². The monoisotopic (exact) mass is 319 g/mol. The molecule has 0 saturated carbocycles. The van der Waals surface area contributed by atoms with Gasteiger partial charge in [0.25, 0.3) is 5.56 Å². The molecule has 0 bridgehead atoms. The van der Waals surface area contributed by atoms with Crippen LogP contribution in [0.3, 0.4) is 0 Å². The second-order valence-corrected chi connectivity index (χ2v) is 5.09. The zero-order valence-electron chi connectivity index (χ0n) is 10.3. The summed E-state index contributed by atoms with van der Waals surface area (Å²) >= 11 is 3.42. The summed E-state index contributed by atoms with van der Waals surface area (Å²) in [6.45, 7) is 1.87. The first-order chi connectivity index (χ1) is 9.08. The number of aromatic nitrogens is 5. The van der Waals surface area contributed by atoms with Gasteiger partial charge in [0.1, 0.15) is 0 Å². The van der Waals surface area contributed by atoms with Crippen LogP contribution in [0, 0.1) is 6.92 Å². The van der Waals surface area contributed by atoms with Gasteiger partial charge in [-0.2, -0.15) is 5.10 Å². The van der Waals surface area contributed by atoms with E-state index < -0.39 is 0 Å². The number of nitrogens with one attached hydrogen (secondary N) is 1. The summed E-state index contributed by atoms with van der Waals surface area (Å²) in [4.78, 5) is 20.7. The first-order valence-corrected chi connectivity index (χ1v) is 6.40. The van der Waals surface area contributed by atoms with Gasteiger partial charge < -0.3 is 4.57 Å². The predicted molar refractivity (Wildman–Crippen MR) is 74.8 cm³/mol. The lowest BCUT2D eigenvalue weighted by Crippen LogP contribution is -2.17.